The number of alkyl halides is 9. The van der Waals surface area contributed by atoms with E-state index in [0.717, 1.165) is 19.4 Å². The molecule has 1 aliphatic carbocycles. The quantitative estimate of drug-likeness (QED) is 0.284. The molecule has 1 fully saturated rings. The van der Waals surface area contributed by atoms with Gasteiger partial charge in [0.05, 0.1) is 22.9 Å². The predicted octanol–water partition coefficient (Wildman–Crippen LogP) is 6.46. The average Bonchev–Trinajstić information content (AvgIpc) is 3.33. The Hall–Kier alpha value is -4.27. The molecule has 0 radical (unpaired) electrons. The van der Waals surface area contributed by atoms with Crippen LogP contribution in [0.25, 0.3) is 16.9 Å². The topological polar surface area (TPSA) is 97.8 Å². The van der Waals surface area contributed by atoms with E-state index >= 15 is 0 Å². The van der Waals surface area contributed by atoms with Gasteiger partial charge in [-0.25, -0.2) is 18.1 Å². The molecule has 230 valence electrons. The first-order chi connectivity index (χ1) is 19.7. The average molecular weight is 645 g/mol. The van der Waals surface area contributed by atoms with Crippen molar-refractivity contribution in [1.82, 2.24) is 24.9 Å². The number of benzene rings is 1. The van der Waals surface area contributed by atoms with Crippen molar-refractivity contribution in [3.8, 4) is 28.9 Å². The lowest BCUT2D eigenvalue weighted by Gasteiger charge is -2.32. The zero-order valence-electron chi connectivity index (χ0n) is 21.2. The maximum atomic E-state index is 14.4. The number of carbonyl (C=O) groups is 1. The summed E-state index contributed by atoms with van der Waals surface area (Å²) >= 11 is 6.10. The summed E-state index contributed by atoms with van der Waals surface area (Å²) in [6, 6.07) is 5.81. The zero-order valence-corrected chi connectivity index (χ0v) is 22.0. The first kappa shape index (κ1) is 31.7. The van der Waals surface area contributed by atoms with E-state index in [-0.39, 0.29) is 26.4 Å². The molecule has 1 aromatic carbocycles. The number of hydrogen-bond donors (Lipinski definition) is 1. The number of aromatic nitrogens is 4. The Kier molecular flexibility index (Phi) is 7.49. The Morgan fingerprint density at radius 2 is 1.77 bits per heavy atom. The molecule has 1 aliphatic rings. The third-order valence-corrected chi connectivity index (χ3v) is 6.65. The molecule has 1 saturated carbocycles. The molecule has 0 bridgehead atoms. The molecule has 1 N–H and O–H groups in total. The largest absolute Gasteiger partial charge is 0.450 e. The first-order valence-electron chi connectivity index (χ1n) is 11.6. The fourth-order valence-electron chi connectivity index (χ4n) is 3.88. The molecule has 2 aromatic heterocycles. The van der Waals surface area contributed by atoms with Crippen molar-refractivity contribution in [2.45, 2.75) is 42.5 Å². The lowest BCUT2D eigenvalue weighted by molar-refractivity contribution is -0.348. The number of nitrogens with one attached hydrogen (secondary N) is 1. The number of rotatable bonds is 8. The van der Waals surface area contributed by atoms with Crippen molar-refractivity contribution in [1.29, 1.82) is 5.26 Å². The lowest BCUT2D eigenvalue weighted by atomic mass is 10.0. The minimum atomic E-state index is -6.70. The molecule has 43 heavy (non-hydrogen) atoms. The summed E-state index contributed by atoms with van der Waals surface area (Å²) in [5, 5.41) is 18.4. The highest BCUT2D eigenvalue weighted by molar-refractivity contribution is 6.34. The van der Waals surface area contributed by atoms with Crippen molar-refractivity contribution in [3.63, 3.8) is 0 Å². The van der Waals surface area contributed by atoms with Gasteiger partial charge >= 0.3 is 24.1 Å². The molecule has 0 aliphatic heterocycles. The van der Waals surface area contributed by atoms with Crippen LogP contribution in [-0.4, -0.2) is 49.0 Å². The summed E-state index contributed by atoms with van der Waals surface area (Å²) in [5.41, 5.74) is -9.40. The van der Waals surface area contributed by atoms with Crippen LogP contribution in [-0.2, 0) is 13.2 Å². The number of amides is 1. The summed E-state index contributed by atoms with van der Waals surface area (Å²) in [7, 11) is 0.755. The highest BCUT2D eigenvalue weighted by atomic mass is 35.5. The number of halogens is 11. The zero-order chi connectivity index (χ0) is 32.3. The third kappa shape index (κ3) is 5.48. The third-order valence-electron chi connectivity index (χ3n) is 6.32. The molecule has 3 aromatic rings. The van der Waals surface area contributed by atoms with Gasteiger partial charge in [0.1, 0.15) is 11.4 Å². The SMILES string of the molecule is C=C(F)C(F)(C(F)(F)F)C(F)(F)Oc1nn(C)c(-n2cc(-c3ccc(Cl)c(C(=O)NC4(C#N)CC4)c3)cn2)c1C(F)(F)F. The van der Waals surface area contributed by atoms with Crippen molar-refractivity contribution < 1.29 is 53.4 Å². The van der Waals surface area contributed by atoms with Crippen LogP contribution in [0.4, 0.5) is 43.9 Å². The predicted molar refractivity (Wildman–Crippen MR) is 127 cm³/mol. The van der Waals surface area contributed by atoms with Gasteiger partial charge in [-0.05, 0) is 30.5 Å². The number of carbonyl (C=O) groups excluding carboxylic acids is 1. The fourth-order valence-corrected chi connectivity index (χ4v) is 4.09. The lowest BCUT2D eigenvalue weighted by Crippen LogP contribution is -2.58. The maximum absolute atomic E-state index is 14.4. The van der Waals surface area contributed by atoms with Crippen LogP contribution in [0.1, 0.15) is 28.8 Å². The van der Waals surface area contributed by atoms with E-state index in [1.54, 1.807) is 0 Å². The minimum absolute atomic E-state index is 0.0304. The Morgan fingerprint density at radius 3 is 2.28 bits per heavy atom. The van der Waals surface area contributed by atoms with Crippen molar-refractivity contribution >= 4 is 17.5 Å². The van der Waals surface area contributed by atoms with Crippen molar-refractivity contribution in [2.75, 3.05) is 0 Å². The van der Waals surface area contributed by atoms with E-state index in [9.17, 15) is 54.0 Å². The van der Waals surface area contributed by atoms with Gasteiger partial charge in [0.2, 0.25) is 0 Å². The van der Waals surface area contributed by atoms with E-state index in [1.165, 1.54) is 18.2 Å². The van der Waals surface area contributed by atoms with Crippen molar-refractivity contribution in [3.05, 3.63) is 59.1 Å². The maximum Gasteiger partial charge on any atom is 0.450 e. The molecule has 8 nitrogen and oxygen atoms in total. The van der Waals surface area contributed by atoms with Crippen LogP contribution >= 0.6 is 11.6 Å². The second kappa shape index (κ2) is 10.2. The molecule has 4 rings (SSSR count). The second-order valence-electron chi connectivity index (χ2n) is 9.32. The van der Waals surface area contributed by atoms with Gasteiger partial charge in [0, 0.05) is 18.8 Å². The summed E-state index contributed by atoms with van der Waals surface area (Å²) in [5.74, 6) is -7.39. The Bertz CT molecular complexity index is 1650. The van der Waals surface area contributed by atoms with E-state index < -0.39 is 58.7 Å². The van der Waals surface area contributed by atoms with Gasteiger partial charge in [0.15, 0.2) is 11.4 Å². The highest BCUT2D eigenvalue weighted by Crippen LogP contribution is 2.52. The number of hydrogen-bond acceptors (Lipinski definition) is 5. The fraction of sp³-hybridized carbons (Fsp3) is 0.333. The number of nitrogens with zero attached hydrogens (tertiary/aromatic N) is 5. The Morgan fingerprint density at radius 1 is 1.14 bits per heavy atom. The van der Waals surface area contributed by atoms with Crippen LogP contribution in [0.3, 0.4) is 0 Å². The number of nitriles is 1. The molecular formula is C24H15ClF10N6O2. The molecule has 1 atom stereocenters. The minimum Gasteiger partial charge on any atom is -0.409 e. The molecular weight excluding hydrogens is 630 g/mol. The molecule has 0 spiro atoms. The molecule has 1 amide bonds. The smallest absolute Gasteiger partial charge is 0.409 e. The summed E-state index contributed by atoms with van der Waals surface area (Å²) in [6.45, 7) is 1.89. The van der Waals surface area contributed by atoms with Crippen LogP contribution in [0, 0.1) is 11.3 Å². The Balaban J connectivity index is 1.75. The van der Waals surface area contributed by atoms with Crippen LogP contribution in [0.2, 0.25) is 5.02 Å². The Labute approximate surface area is 239 Å². The van der Waals surface area contributed by atoms with E-state index in [4.69, 9.17) is 11.6 Å². The van der Waals surface area contributed by atoms with E-state index in [1.807, 2.05) is 12.6 Å². The molecule has 1 unspecified atom stereocenters. The van der Waals surface area contributed by atoms with Gasteiger partial charge in [-0.2, -0.15) is 45.5 Å². The molecule has 0 saturated heterocycles. The standard InChI is InChI=1S/C24H15ClF10N6O2/c1-11(26)21(27,23(31,32)33)24(34,35)43-18-16(22(28,29)30)19(40(2)39-18)41-9-13(8-37-41)12-3-4-15(25)14(7-12)17(42)38-20(10-36)5-6-20/h3-4,7-9H,1,5-6H2,2H3,(H,38,42). The highest BCUT2D eigenvalue weighted by Gasteiger charge is 2.76. The van der Waals surface area contributed by atoms with Crippen molar-refractivity contribution in [2.24, 2.45) is 7.05 Å². The van der Waals surface area contributed by atoms with Crippen LogP contribution in [0.15, 0.2) is 43.0 Å². The summed E-state index contributed by atoms with van der Waals surface area (Å²) < 4.78 is 142. The van der Waals surface area contributed by atoms with Gasteiger partial charge < -0.3 is 10.1 Å². The molecule has 19 heteroatoms. The summed E-state index contributed by atoms with van der Waals surface area (Å²) in [6.07, 6.45) is -15.9. The second-order valence-corrected chi connectivity index (χ2v) is 9.73. The molecule has 2 heterocycles. The van der Waals surface area contributed by atoms with Crippen LogP contribution < -0.4 is 10.1 Å². The van der Waals surface area contributed by atoms with Crippen LogP contribution in [0.5, 0.6) is 5.88 Å². The van der Waals surface area contributed by atoms with E-state index in [0.29, 0.717) is 17.5 Å². The monoisotopic (exact) mass is 644 g/mol. The van der Waals surface area contributed by atoms with Gasteiger partial charge in [0.25, 0.3) is 11.8 Å². The van der Waals surface area contributed by atoms with Gasteiger partial charge in [-0.1, -0.05) is 24.2 Å². The van der Waals surface area contributed by atoms with Gasteiger partial charge in [-0.15, -0.1) is 5.10 Å². The summed E-state index contributed by atoms with van der Waals surface area (Å²) in [4.78, 5) is 12.7. The van der Waals surface area contributed by atoms with E-state index in [2.05, 4.69) is 20.3 Å². The number of ether oxygens (including phenoxy) is 1. The normalized spacial score (nSPS) is 16.3. The number of aryl methyl sites for hydroxylation is 1. The first-order valence-corrected chi connectivity index (χ1v) is 12.0. The van der Waals surface area contributed by atoms with Gasteiger partial charge in [-0.3, -0.25) is 4.79 Å².